The quantitative estimate of drug-likeness (QED) is 0.693. The zero-order valence-electron chi connectivity index (χ0n) is 14.1. The summed E-state index contributed by atoms with van der Waals surface area (Å²) in [6.45, 7) is 4.14. The third-order valence-electron chi connectivity index (χ3n) is 3.78. The third kappa shape index (κ3) is 3.73. The van der Waals surface area contributed by atoms with Gasteiger partial charge in [0.1, 0.15) is 10.7 Å². The molecule has 26 heavy (non-hydrogen) atoms. The lowest BCUT2D eigenvalue weighted by atomic mass is 10.2. The Hall–Kier alpha value is -2.39. The van der Waals surface area contributed by atoms with E-state index in [1.54, 1.807) is 23.9 Å². The van der Waals surface area contributed by atoms with Crippen LogP contribution in [-0.2, 0) is 23.1 Å². The highest BCUT2D eigenvalue weighted by Gasteiger charge is 2.21. The fourth-order valence-corrected chi connectivity index (χ4v) is 3.87. The van der Waals surface area contributed by atoms with E-state index in [4.69, 9.17) is 11.6 Å². The molecule has 0 atom stereocenters. The predicted molar refractivity (Wildman–Crippen MR) is 96.2 cm³/mol. The number of nitrogens with zero attached hydrogens (tertiary/aromatic N) is 4. The Bertz CT molecular complexity index is 1020. The van der Waals surface area contributed by atoms with Crippen molar-refractivity contribution in [1.82, 2.24) is 19.6 Å². The highest BCUT2D eigenvalue weighted by Crippen LogP contribution is 2.21. The molecule has 7 nitrogen and oxygen atoms in total. The van der Waals surface area contributed by atoms with Crippen LogP contribution in [0.1, 0.15) is 18.2 Å². The topological polar surface area (TPSA) is 81.8 Å². The molecule has 1 aromatic carbocycles. The third-order valence-corrected chi connectivity index (χ3v) is 5.59. The molecule has 1 N–H and O–H groups in total. The first-order valence-electron chi connectivity index (χ1n) is 7.83. The number of aryl methyl sites for hydroxylation is 2. The summed E-state index contributed by atoms with van der Waals surface area (Å²) in [5.41, 5.74) is 0.684. The zero-order valence-corrected chi connectivity index (χ0v) is 15.7. The molecule has 0 aliphatic heterocycles. The maximum atomic E-state index is 13.9. The van der Waals surface area contributed by atoms with Gasteiger partial charge in [-0.05, 0) is 26.0 Å². The van der Waals surface area contributed by atoms with Crippen molar-refractivity contribution in [2.24, 2.45) is 0 Å². The number of rotatable bonds is 6. The van der Waals surface area contributed by atoms with Gasteiger partial charge in [0.15, 0.2) is 5.82 Å². The van der Waals surface area contributed by atoms with Crippen LogP contribution in [0.25, 0.3) is 0 Å². The van der Waals surface area contributed by atoms with Gasteiger partial charge in [-0.25, -0.2) is 12.8 Å². The van der Waals surface area contributed by atoms with Crippen molar-refractivity contribution in [3.8, 4) is 0 Å². The van der Waals surface area contributed by atoms with Gasteiger partial charge in [0.2, 0.25) is 0 Å². The molecule has 3 rings (SSSR count). The molecule has 0 aliphatic carbocycles. The van der Waals surface area contributed by atoms with Crippen LogP contribution in [0, 0.1) is 12.7 Å². The number of hydrogen-bond acceptors (Lipinski definition) is 4. The normalized spacial score (nSPS) is 11.7. The van der Waals surface area contributed by atoms with E-state index in [0.717, 1.165) is 0 Å². The maximum absolute atomic E-state index is 13.9. The summed E-state index contributed by atoms with van der Waals surface area (Å²) in [7, 11) is -3.82. The van der Waals surface area contributed by atoms with Gasteiger partial charge in [0.25, 0.3) is 10.0 Å². The molecule has 10 heteroatoms. The van der Waals surface area contributed by atoms with Crippen LogP contribution >= 0.6 is 11.6 Å². The molecule has 0 amide bonds. The molecule has 3 aromatic rings. The summed E-state index contributed by atoms with van der Waals surface area (Å²) in [5.74, 6) is -0.321. The lowest BCUT2D eigenvalue weighted by Gasteiger charge is -2.06. The molecule has 0 fully saturated rings. The van der Waals surface area contributed by atoms with Crippen LogP contribution in [-0.4, -0.2) is 28.0 Å². The summed E-state index contributed by atoms with van der Waals surface area (Å²) in [6, 6.07) is 5.90. The Morgan fingerprint density at radius 3 is 2.65 bits per heavy atom. The van der Waals surface area contributed by atoms with Crippen LogP contribution < -0.4 is 4.72 Å². The maximum Gasteiger partial charge on any atom is 0.266 e. The molecule has 0 radical (unpaired) electrons. The Labute approximate surface area is 155 Å². The Kier molecular flexibility index (Phi) is 5.01. The highest BCUT2D eigenvalue weighted by atomic mass is 35.5. The minimum absolute atomic E-state index is 0.0834. The number of halogens is 2. The van der Waals surface area contributed by atoms with Crippen LogP contribution in [0.4, 0.5) is 10.2 Å². The summed E-state index contributed by atoms with van der Waals surface area (Å²) in [6.07, 6.45) is 3.01. The van der Waals surface area contributed by atoms with Crippen molar-refractivity contribution in [1.29, 1.82) is 0 Å². The molecule has 0 bridgehead atoms. The molecule has 2 aromatic heterocycles. The predicted octanol–water partition coefficient (Wildman–Crippen LogP) is 3.05. The SMILES string of the molecule is CCn1cc(S(=O)(=O)Nc2ccn(Cc3c(F)cccc3Cl)n2)c(C)n1. The Morgan fingerprint density at radius 1 is 1.23 bits per heavy atom. The van der Waals surface area contributed by atoms with Crippen LogP contribution in [0.2, 0.25) is 5.02 Å². The van der Waals surface area contributed by atoms with Gasteiger partial charge in [-0.1, -0.05) is 17.7 Å². The fraction of sp³-hybridized carbons (Fsp3) is 0.250. The van der Waals surface area contributed by atoms with Crippen molar-refractivity contribution >= 4 is 27.4 Å². The number of aromatic nitrogens is 4. The summed E-state index contributed by atoms with van der Waals surface area (Å²) in [5, 5.41) is 8.54. The molecule has 0 saturated heterocycles. The van der Waals surface area contributed by atoms with Gasteiger partial charge in [0.05, 0.1) is 12.2 Å². The standard InChI is InChI=1S/C16H17ClFN5O2S/c1-3-22-10-15(11(2)19-22)26(24,25)21-16-7-8-23(20-16)9-12-13(17)5-4-6-14(12)18/h4-8,10H,3,9H2,1-2H3,(H,20,21). The van der Waals surface area contributed by atoms with Crippen molar-refractivity contribution in [3.05, 3.63) is 58.8 Å². The van der Waals surface area contributed by atoms with E-state index in [9.17, 15) is 12.8 Å². The van der Waals surface area contributed by atoms with E-state index in [1.807, 2.05) is 6.92 Å². The van der Waals surface area contributed by atoms with Crippen molar-refractivity contribution in [3.63, 3.8) is 0 Å². The smallest absolute Gasteiger partial charge is 0.266 e. The van der Waals surface area contributed by atoms with Crippen molar-refractivity contribution < 1.29 is 12.8 Å². The van der Waals surface area contributed by atoms with E-state index >= 15 is 0 Å². The summed E-state index contributed by atoms with van der Waals surface area (Å²) >= 11 is 6.00. The number of nitrogens with one attached hydrogen (secondary N) is 1. The van der Waals surface area contributed by atoms with E-state index in [2.05, 4.69) is 14.9 Å². The van der Waals surface area contributed by atoms with E-state index in [-0.39, 0.29) is 27.8 Å². The van der Waals surface area contributed by atoms with Gasteiger partial charge in [0, 0.05) is 35.6 Å². The molecule has 0 unspecified atom stereocenters. The Morgan fingerprint density at radius 2 is 2.00 bits per heavy atom. The molecule has 138 valence electrons. The molecular formula is C16H17ClFN5O2S. The first-order valence-corrected chi connectivity index (χ1v) is 9.69. The lowest BCUT2D eigenvalue weighted by molar-refractivity contribution is 0.585. The van der Waals surface area contributed by atoms with Crippen molar-refractivity contribution in [2.45, 2.75) is 31.8 Å². The van der Waals surface area contributed by atoms with Gasteiger partial charge >= 0.3 is 0 Å². The summed E-state index contributed by atoms with van der Waals surface area (Å²) in [4.78, 5) is 0.0889. The second kappa shape index (κ2) is 7.08. The number of benzene rings is 1. The average Bonchev–Trinajstić information content (AvgIpc) is 3.17. The Balaban J connectivity index is 1.81. The first-order chi connectivity index (χ1) is 12.3. The number of sulfonamides is 1. The van der Waals surface area contributed by atoms with Crippen LogP contribution in [0.5, 0.6) is 0 Å². The lowest BCUT2D eigenvalue weighted by Crippen LogP contribution is -2.14. The second-order valence-electron chi connectivity index (χ2n) is 5.64. The fourth-order valence-electron chi connectivity index (χ4n) is 2.47. The minimum atomic E-state index is -3.82. The van der Waals surface area contributed by atoms with Gasteiger partial charge in [-0.15, -0.1) is 0 Å². The zero-order chi connectivity index (χ0) is 18.9. The largest absolute Gasteiger partial charge is 0.271 e. The van der Waals surface area contributed by atoms with Gasteiger partial charge in [-0.3, -0.25) is 14.1 Å². The van der Waals surface area contributed by atoms with Crippen molar-refractivity contribution in [2.75, 3.05) is 4.72 Å². The number of hydrogen-bond donors (Lipinski definition) is 1. The monoisotopic (exact) mass is 397 g/mol. The average molecular weight is 398 g/mol. The molecule has 0 aliphatic rings. The van der Waals surface area contributed by atoms with E-state index < -0.39 is 15.8 Å². The van der Waals surface area contributed by atoms with E-state index in [1.165, 1.54) is 29.1 Å². The van der Waals surface area contributed by atoms with Crippen LogP contribution in [0.3, 0.4) is 0 Å². The van der Waals surface area contributed by atoms with E-state index in [0.29, 0.717) is 12.2 Å². The number of anilines is 1. The summed E-state index contributed by atoms with van der Waals surface area (Å²) < 4.78 is 44.3. The molecule has 0 spiro atoms. The second-order valence-corrected chi connectivity index (χ2v) is 7.70. The van der Waals surface area contributed by atoms with Gasteiger partial charge in [-0.2, -0.15) is 10.2 Å². The highest BCUT2D eigenvalue weighted by molar-refractivity contribution is 7.92. The molecule has 2 heterocycles. The van der Waals surface area contributed by atoms with Crippen LogP contribution in [0.15, 0.2) is 41.6 Å². The first kappa shape index (κ1) is 18.4. The molecule has 0 saturated carbocycles. The molecular weight excluding hydrogens is 381 g/mol. The minimum Gasteiger partial charge on any atom is -0.271 e. The van der Waals surface area contributed by atoms with Gasteiger partial charge < -0.3 is 0 Å².